The van der Waals surface area contributed by atoms with Crippen LogP contribution in [0.1, 0.15) is 45.4 Å². The van der Waals surface area contributed by atoms with Crippen LogP contribution in [0, 0.1) is 5.41 Å². The minimum atomic E-state index is -0.119. The summed E-state index contributed by atoms with van der Waals surface area (Å²) in [6, 6.07) is 0.631. The number of carbonyl (C=O) groups excluding carboxylic acids is 1. The molecule has 1 amide bonds. The molecule has 0 aromatic heterocycles. The first kappa shape index (κ1) is 14.3. The van der Waals surface area contributed by atoms with Gasteiger partial charge < -0.3 is 10.2 Å². The van der Waals surface area contributed by atoms with E-state index in [0.29, 0.717) is 11.9 Å². The molecule has 0 saturated carbocycles. The van der Waals surface area contributed by atoms with E-state index >= 15 is 0 Å². The first-order valence-electron chi connectivity index (χ1n) is 8.49. The fourth-order valence-electron chi connectivity index (χ4n) is 4.33. The van der Waals surface area contributed by atoms with E-state index in [2.05, 4.69) is 22.0 Å². The monoisotopic (exact) mass is 279 g/mol. The van der Waals surface area contributed by atoms with Gasteiger partial charge >= 0.3 is 0 Å². The van der Waals surface area contributed by atoms with Crippen molar-refractivity contribution in [3.8, 4) is 0 Å². The highest BCUT2D eigenvalue weighted by Gasteiger charge is 2.42. The van der Waals surface area contributed by atoms with Crippen molar-refractivity contribution in [3.05, 3.63) is 0 Å². The molecule has 3 heterocycles. The van der Waals surface area contributed by atoms with Crippen molar-refractivity contribution in [1.82, 2.24) is 15.1 Å². The van der Waals surface area contributed by atoms with E-state index in [-0.39, 0.29) is 5.41 Å². The lowest BCUT2D eigenvalue weighted by Crippen LogP contribution is -2.53. The van der Waals surface area contributed by atoms with Crippen molar-refractivity contribution in [3.63, 3.8) is 0 Å². The molecule has 4 heteroatoms. The van der Waals surface area contributed by atoms with Crippen molar-refractivity contribution in [1.29, 1.82) is 0 Å². The van der Waals surface area contributed by atoms with Crippen LogP contribution in [0.2, 0.25) is 0 Å². The highest BCUT2D eigenvalue weighted by Crippen LogP contribution is 2.33. The lowest BCUT2D eigenvalue weighted by molar-refractivity contribution is -0.143. The normalized spacial score (nSPS) is 35.6. The van der Waals surface area contributed by atoms with Crippen molar-refractivity contribution < 1.29 is 4.79 Å². The van der Waals surface area contributed by atoms with Gasteiger partial charge in [0.2, 0.25) is 5.91 Å². The van der Waals surface area contributed by atoms with Gasteiger partial charge in [0.05, 0.1) is 5.41 Å². The predicted molar refractivity (Wildman–Crippen MR) is 80.6 cm³/mol. The number of nitrogens with one attached hydrogen (secondary N) is 1. The topological polar surface area (TPSA) is 35.6 Å². The standard InChI is InChI=1S/C16H29N3O/c1-2-16(7-4-8-17-13-16)15(20)19-11-5-10-18-9-3-6-14(18)12-19/h14,17H,2-13H2,1H3. The lowest BCUT2D eigenvalue weighted by Gasteiger charge is -2.40. The number of hydrogen-bond acceptors (Lipinski definition) is 3. The number of hydrogen-bond donors (Lipinski definition) is 1. The summed E-state index contributed by atoms with van der Waals surface area (Å²) in [6.07, 6.45) is 6.93. The van der Waals surface area contributed by atoms with E-state index in [1.807, 2.05) is 0 Å². The molecule has 3 aliphatic rings. The Labute approximate surface area is 122 Å². The van der Waals surface area contributed by atoms with Gasteiger partial charge in [0, 0.05) is 32.2 Å². The van der Waals surface area contributed by atoms with Crippen molar-refractivity contribution in [2.24, 2.45) is 5.41 Å². The number of piperidine rings is 1. The predicted octanol–water partition coefficient (Wildman–Crippen LogP) is 1.46. The SMILES string of the molecule is CCC1(C(=O)N2CCCN3CCCC3C2)CCCNC1. The molecule has 3 rings (SSSR count). The molecule has 2 unspecified atom stereocenters. The summed E-state index contributed by atoms with van der Waals surface area (Å²) >= 11 is 0. The minimum absolute atomic E-state index is 0.119. The summed E-state index contributed by atoms with van der Waals surface area (Å²) < 4.78 is 0. The summed E-state index contributed by atoms with van der Waals surface area (Å²) in [6.45, 7) is 8.51. The number of amides is 1. The molecular formula is C16H29N3O. The Morgan fingerprint density at radius 2 is 2.10 bits per heavy atom. The molecule has 0 aromatic carbocycles. The van der Waals surface area contributed by atoms with Crippen LogP contribution >= 0.6 is 0 Å². The van der Waals surface area contributed by atoms with Gasteiger partial charge in [-0.05, 0) is 51.6 Å². The third-order valence-corrected chi connectivity index (χ3v) is 5.69. The molecule has 20 heavy (non-hydrogen) atoms. The second-order valence-corrected chi connectivity index (χ2v) is 6.85. The highest BCUT2D eigenvalue weighted by atomic mass is 16.2. The van der Waals surface area contributed by atoms with Crippen LogP contribution in [0.15, 0.2) is 0 Å². The minimum Gasteiger partial charge on any atom is -0.341 e. The van der Waals surface area contributed by atoms with Crippen LogP contribution in [0.25, 0.3) is 0 Å². The zero-order valence-electron chi connectivity index (χ0n) is 12.9. The summed E-state index contributed by atoms with van der Waals surface area (Å²) in [4.78, 5) is 17.9. The van der Waals surface area contributed by atoms with Gasteiger partial charge in [-0.25, -0.2) is 0 Å². The Hall–Kier alpha value is -0.610. The van der Waals surface area contributed by atoms with Crippen molar-refractivity contribution in [2.45, 2.75) is 51.5 Å². The Morgan fingerprint density at radius 3 is 2.85 bits per heavy atom. The average Bonchev–Trinajstić information content (AvgIpc) is 2.84. The Bertz CT molecular complexity index is 352. The van der Waals surface area contributed by atoms with E-state index in [0.717, 1.165) is 51.9 Å². The van der Waals surface area contributed by atoms with Crippen LogP contribution in [-0.2, 0) is 4.79 Å². The number of rotatable bonds is 2. The molecule has 2 atom stereocenters. The second-order valence-electron chi connectivity index (χ2n) is 6.85. The van der Waals surface area contributed by atoms with E-state index < -0.39 is 0 Å². The van der Waals surface area contributed by atoms with E-state index in [4.69, 9.17) is 0 Å². The quantitative estimate of drug-likeness (QED) is 0.831. The van der Waals surface area contributed by atoms with Crippen LogP contribution in [-0.4, -0.2) is 61.0 Å². The van der Waals surface area contributed by atoms with Crippen LogP contribution in [0.5, 0.6) is 0 Å². The molecule has 0 aromatic rings. The van der Waals surface area contributed by atoms with Crippen LogP contribution in [0.4, 0.5) is 0 Å². The molecule has 0 spiro atoms. The molecule has 3 aliphatic heterocycles. The molecule has 0 aliphatic carbocycles. The van der Waals surface area contributed by atoms with Gasteiger partial charge in [-0.15, -0.1) is 0 Å². The van der Waals surface area contributed by atoms with Gasteiger partial charge in [0.25, 0.3) is 0 Å². The lowest BCUT2D eigenvalue weighted by atomic mass is 9.77. The van der Waals surface area contributed by atoms with Gasteiger partial charge in [-0.2, -0.15) is 0 Å². The smallest absolute Gasteiger partial charge is 0.230 e. The summed E-state index contributed by atoms with van der Waals surface area (Å²) in [5, 5.41) is 3.45. The average molecular weight is 279 g/mol. The van der Waals surface area contributed by atoms with E-state index in [1.165, 1.54) is 25.9 Å². The summed E-state index contributed by atoms with van der Waals surface area (Å²) in [5.41, 5.74) is -0.119. The first-order valence-corrected chi connectivity index (χ1v) is 8.49. The Balaban J connectivity index is 1.71. The van der Waals surface area contributed by atoms with Gasteiger partial charge in [0.15, 0.2) is 0 Å². The van der Waals surface area contributed by atoms with Crippen LogP contribution in [0.3, 0.4) is 0 Å². The van der Waals surface area contributed by atoms with Gasteiger partial charge in [0.1, 0.15) is 0 Å². The molecule has 3 fully saturated rings. The third-order valence-electron chi connectivity index (χ3n) is 5.69. The fourth-order valence-corrected chi connectivity index (χ4v) is 4.33. The summed E-state index contributed by atoms with van der Waals surface area (Å²) in [7, 11) is 0. The molecule has 0 radical (unpaired) electrons. The molecule has 3 saturated heterocycles. The zero-order chi connectivity index (χ0) is 14.0. The van der Waals surface area contributed by atoms with Crippen molar-refractivity contribution >= 4 is 5.91 Å². The van der Waals surface area contributed by atoms with Gasteiger partial charge in [-0.1, -0.05) is 6.92 Å². The Kier molecular flexibility index (Phi) is 4.32. The molecular weight excluding hydrogens is 250 g/mol. The number of nitrogens with zero attached hydrogens (tertiary/aromatic N) is 2. The van der Waals surface area contributed by atoms with Crippen LogP contribution < -0.4 is 5.32 Å². The van der Waals surface area contributed by atoms with E-state index in [9.17, 15) is 4.79 Å². The highest BCUT2D eigenvalue weighted by molar-refractivity contribution is 5.83. The molecule has 0 bridgehead atoms. The maximum atomic E-state index is 13.1. The largest absolute Gasteiger partial charge is 0.341 e. The third kappa shape index (κ3) is 2.60. The fraction of sp³-hybridized carbons (Fsp3) is 0.938. The first-order chi connectivity index (χ1) is 9.75. The number of carbonyl (C=O) groups is 1. The molecule has 114 valence electrons. The number of fused-ring (bicyclic) bond motifs is 1. The molecule has 4 nitrogen and oxygen atoms in total. The maximum Gasteiger partial charge on any atom is 0.230 e. The van der Waals surface area contributed by atoms with E-state index in [1.54, 1.807) is 0 Å². The second kappa shape index (κ2) is 6.02. The summed E-state index contributed by atoms with van der Waals surface area (Å²) in [5.74, 6) is 0.431. The molecule has 1 N–H and O–H groups in total. The maximum absolute atomic E-state index is 13.1. The Morgan fingerprint density at radius 1 is 1.25 bits per heavy atom. The van der Waals surface area contributed by atoms with Gasteiger partial charge in [-0.3, -0.25) is 9.69 Å². The van der Waals surface area contributed by atoms with Crippen molar-refractivity contribution in [2.75, 3.05) is 39.3 Å². The zero-order valence-corrected chi connectivity index (χ0v) is 12.9.